The maximum Gasteiger partial charge on any atom is 0.333 e. The van der Waals surface area contributed by atoms with Crippen molar-refractivity contribution in [1.82, 2.24) is 0 Å². The van der Waals surface area contributed by atoms with Gasteiger partial charge in [-0.15, -0.1) is 0 Å². The van der Waals surface area contributed by atoms with Crippen LogP contribution in [0.15, 0.2) is 24.3 Å². The lowest BCUT2D eigenvalue weighted by atomic mass is 10.4. The van der Waals surface area contributed by atoms with Crippen molar-refractivity contribution >= 4 is 5.97 Å². The molecule has 0 rings (SSSR count). The Bertz CT molecular complexity index is 196. The highest BCUT2D eigenvalue weighted by Crippen LogP contribution is 1.94. The first kappa shape index (κ1) is 11.9. The number of carbonyl (C=O) groups excluding carboxylic acids is 1. The molecule has 0 aliphatic heterocycles. The molecule has 0 saturated carbocycles. The molecule has 0 aromatic rings. The molecule has 0 bridgehead atoms. The first-order chi connectivity index (χ1) is 6.20. The minimum Gasteiger partial charge on any atom is -0.433 e. The molecule has 13 heavy (non-hydrogen) atoms. The molecule has 74 valence electrons. The van der Waals surface area contributed by atoms with Gasteiger partial charge in [-0.2, -0.15) is 0 Å². The Morgan fingerprint density at radius 1 is 1.54 bits per heavy atom. The van der Waals surface area contributed by atoms with E-state index in [9.17, 15) is 4.79 Å². The summed E-state index contributed by atoms with van der Waals surface area (Å²) >= 11 is 0. The normalized spacial score (nSPS) is 13.8. The highest BCUT2D eigenvalue weighted by Gasteiger charge is 2.06. The molecule has 0 aromatic carbocycles. The van der Waals surface area contributed by atoms with Crippen LogP contribution in [0.3, 0.4) is 0 Å². The summed E-state index contributed by atoms with van der Waals surface area (Å²) in [5.41, 5.74) is 0. The fourth-order valence-corrected chi connectivity index (χ4v) is 0.588. The van der Waals surface area contributed by atoms with E-state index in [0.29, 0.717) is 0 Å². The lowest BCUT2D eigenvalue weighted by Gasteiger charge is -2.07. The molecule has 0 spiro atoms. The minimum atomic E-state index is -1.23. The Balaban J connectivity index is 3.73. The van der Waals surface area contributed by atoms with Crippen molar-refractivity contribution in [3.05, 3.63) is 24.3 Å². The van der Waals surface area contributed by atoms with Crippen LogP contribution in [0.1, 0.15) is 13.3 Å². The zero-order valence-electron chi connectivity index (χ0n) is 7.51. The van der Waals surface area contributed by atoms with Gasteiger partial charge in [-0.25, -0.2) is 4.79 Å². The minimum absolute atomic E-state index is 0.0309. The molecule has 0 aliphatic carbocycles. The third-order valence-electron chi connectivity index (χ3n) is 1.16. The van der Waals surface area contributed by atoms with Crippen molar-refractivity contribution in [1.29, 1.82) is 0 Å². The summed E-state index contributed by atoms with van der Waals surface area (Å²) in [4.78, 5) is 10.8. The summed E-state index contributed by atoms with van der Waals surface area (Å²) in [5, 5.41) is 17.3. The smallest absolute Gasteiger partial charge is 0.333 e. The van der Waals surface area contributed by atoms with Crippen molar-refractivity contribution in [3.63, 3.8) is 0 Å². The van der Waals surface area contributed by atoms with Gasteiger partial charge in [0.2, 0.25) is 6.29 Å². The number of carbonyl (C=O) groups is 1. The van der Waals surface area contributed by atoms with Gasteiger partial charge in [-0.1, -0.05) is 18.2 Å². The van der Waals surface area contributed by atoms with E-state index in [0.717, 1.165) is 0 Å². The number of rotatable bonds is 5. The first-order valence-electron chi connectivity index (χ1n) is 3.99. The van der Waals surface area contributed by atoms with Gasteiger partial charge in [0.05, 0.1) is 0 Å². The summed E-state index contributed by atoms with van der Waals surface area (Å²) in [6, 6.07) is 0. The van der Waals surface area contributed by atoms with E-state index in [2.05, 4.69) is 4.74 Å². The third kappa shape index (κ3) is 7.24. The van der Waals surface area contributed by atoms with Gasteiger partial charge in [0, 0.05) is 19.1 Å². The fraction of sp³-hybridized carbons (Fsp3) is 0.444. The van der Waals surface area contributed by atoms with E-state index >= 15 is 0 Å². The van der Waals surface area contributed by atoms with Crippen molar-refractivity contribution in [2.75, 3.05) is 6.61 Å². The van der Waals surface area contributed by atoms with E-state index in [1.165, 1.54) is 12.2 Å². The highest BCUT2D eigenvalue weighted by molar-refractivity contribution is 5.82. The van der Waals surface area contributed by atoms with Crippen LogP contribution >= 0.6 is 0 Å². The lowest BCUT2D eigenvalue weighted by Crippen LogP contribution is -2.17. The van der Waals surface area contributed by atoms with Crippen LogP contribution in [0.25, 0.3) is 0 Å². The molecule has 0 aliphatic rings. The van der Waals surface area contributed by atoms with Gasteiger partial charge in [-0.3, -0.25) is 0 Å². The predicted octanol–water partition coefficient (Wildman–Crippen LogP) is 0.363. The molecule has 1 atom stereocenters. The zero-order chi connectivity index (χ0) is 10.1. The number of esters is 1. The summed E-state index contributed by atoms with van der Waals surface area (Å²) < 4.78 is 4.47. The summed E-state index contributed by atoms with van der Waals surface area (Å²) in [6.45, 7) is 1.60. The van der Waals surface area contributed by atoms with Crippen LogP contribution in [0.2, 0.25) is 0 Å². The highest BCUT2D eigenvalue weighted by atomic mass is 16.6. The van der Waals surface area contributed by atoms with Crippen molar-refractivity contribution in [2.24, 2.45) is 0 Å². The van der Waals surface area contributed by atoms with Gasteiger partial charge in [-0.05, 0) is 6.92 Å². The molecule has 4 nitrogen and oxygen atoms in total. The van der Waals surface area contributed by atoms with E-state index < -0.39 is 12.3 Å². The summed E-state index contributed by atoms with van der Waals surface area (Å²) in [6.07, 6.45) is 4.93. The van der Waals surface area contributed by atoms with Crippen LogP contribution in [0.4, 0.5) is 0 Å². The first-order valence-corrected chi connectivity index (χ1v) is 3.99. The second-order valence-corrected chi connectivity index (χ2v) is 2.29. The van der Waals surface area contributed by atoms with Crippen molar-refractivity contribution < 1.29 is 19.7 Å². The van der Waals surface area contributed by atoms with Crippen LogP contribution in [0, 0.1) is 0 Å². The number of hydrogen-bond acceptors (Lipinski definition) is 4. The molecule has 0 fully saturated rings. The van der Waals surface area contributed by atoms with Gasteiger partial charge >= 0.3 is 5.97 Å². The molecule has 0 heterocycles. The zero-order valence-corrected chi connectivity index (χ0v) is 7.51. The Morgan fingerprint density at radius 3 is 2.77 bits per heavy atom. The molecule has 0 saturated heterocycles. The Morgan fingerprint density at radius 2 is 2.23 bits per heavy atom. The van der Waals surface area contributed by atoms with Crippen LogP contribution < -0.4 is 0 Å². The van der Waals surface area contributed by atoms with Crippen LogP contribution in [0.5, 0.6) is 0 Å². The number of aliphatic hydroxyl groups excluding tert-OH is 2. The maximum atomic E-state index is 10.8. The van der Waals surface area contributed by atoms with Crippen molar-refractivity contribution in [3.8, 4) is 0 Å². The average molecular weight is 186 g/mol. The molecule has 2 N–H and O–H groups in total. The standard InChI is InChI=1S/C9H14O4/c1-2-3-4-5-8(11)13-9(12)6-7-10/h2-5,9-10,12H,6-7H2,1H3/b3-2+,5-4+. The number of hydrogen-bond donors (Lipinski definition) is 2. The largest absolute Gasteiger partial charge is 0.433 e. The molecule has 0 aromatic heterocycles. The molecule has 4 heteroatoms. The average Bonchev–Trinajstić information content (AvgIpc) is 2.05. The number of ether oxygens (including phenoxy) is 1. The Hall–Kier alpha value is -1.13. The number of aliphatic hydroxyl groups is 2. The Labute approximate surface area is 77.1 Å². The van der Waals surface area contributed by atoms with E-state index in [-0.39, 0.29) is 13.0 Å². The van der Waals surface area contributed by atoms with Gasteiger partial charge in [0.1, 0.15) is 0 Å². The van der Waals surface area contributed by atoms with Gasteiger partial charge < -0.3 is 14.9 Å². The van der Waals surface area contributed by atoms with E-state index in [4.69, 9.17) is 10.2 Å². The second-order valence-electron chi connectivity index (χ2n) is 2.29. The molecular weight excluding hydrogens is 172 g/mol. The van der Waals surface area contributed by atoms with Crippen LogP contribution in [-0.2, 0) is 9.53 Å². The topological polar surface area (TPSA) is 66.8 Å². The number of allylic oxidation sites excluding steroid dienone is 3. The maximum absolute atomic E-state index is 10.8. The second kappa shape index (κ2) is 7.52. The van der Waals surface area contributed by atoms with E-state index in [1.807, 2.05) is 6.92 Å². The summed E-state index contributed by atoms with van der Waals surface area (Å²) in [5.74, 6) is -0.626. The van der Waals surface area contributed by atoms with Crippen LogP contribution in [-0.4, -0.2) is 29.1 Å². The van der Waals surface area contributed by atoms with E-state index in [1.54, 1.807) is 12.2 Å². The lowest BCUT2D eigenvalue weighted by molar-refractivity contribution is -0.163. The van der Waals surface area contributed by atoms with Gasteiger partial charge in [0.15, 0.2) is 0 Å². The molecule has 0 amide bonds. The molecular formula is C9H14O4. The van der Waals surface area contributed by atoms with Gasteiger partial charge in [0.25, 0.3) is 0 Å². The van der Waals surface area contributed by atoms with Crippen molar-refractivity contribution in [2.45, 2.75) is 19.6 Å². The summed E-state index contributed by atoms with van der Waals surface area (Å²) in [7, 11) is 0. The Kier molecular flexibility index (Phi) is 6.86. The third-order valence-corrected chi connectivity index (χ3v) is 1.16. The molecule has 0 radical (unpaired) electrons. The monoisotopic (exact) mass is 186 g/mol. The SMILES string of the molecule is C/C=C/C=C/C(=O)OC(O)CCO. The predicted molar refractivity (Wildman–Crippen MR) is 47.8 cm³/mol. The quantitative estimate of drug-likeness (QED) is 0.281. The fourth-order valence-electron chi connectivity index (χ4n) is 0.588. The molecule has 1 unspecified atom stereocenters.